The van der Waals surface area contributed by atoms with Crippen LogP contribution in [0.1, 0.15) is 11.1 Å². The van der Waals surface area contributed by atoms with Crippen LogP contribution in [0, 0.1) is 24.0 Å². The molecule has 0 saturated heterocycles. The molecule has 0 aliphatic rings. The van der Waals surface area contributed by atoms with Crippen molar-refractivity contribution in [3.05, 3.63) is 33.4 Å². The number of aryl methyl sites for hydroxylation is 1. The van der Waals surface area contributed by atoms with Gasteiger partial charge >= 0.3 is 7.12 Å². The Morgan fingerprint density at radius 1 is 1.36 bits per heavy atom. The number of non-ortho nitro benzene ring substituents is 1. The van der Waals surface area contributed by atoms with Gasteiger partial charge in [0.05, 0.1) is 4.92 Å². The Morgan fingerprint density at radius 3 is 2.36 bits per heavy atom. The molecule has 0 aliphatic heterocycles. The summed E-state index contributed by atoms with van der Waals surface area (Å²) in [6.07, 6.45) is 0. The Morgan fingerprint density at radius 2 is 1.93 bits per heavy atom. The maximum absolute atomic E-state index is 10.5. The second kappa shape index (κ2) is 3.77. The zero-order chi connectivity index (χ0) is 10.9. The van der Waals surface area contributed by atoms with Crippen LogP contribution in [0.15, 0.2) is 12.1 Å². The summed E-state index contributed by atoms with van der Waals surface area (Å²) in [4.78, 5) is 9.92. The van der Waals surface area contributed by atoms with Crippen molar-refractivity contribution in [2.45, 2.75) is 13.8 Å². The molecule has 0 heterocycles. The standard InChI is InChI=1S/C8H10BNO4/c1-5-3-7(10(13)14)4-8(6(5)2)9(11)12/h3-4,11-12H,1-2H3. The number of nitro groups is 1. The average molecular weight is 195 g/mol. The molecule has 0 spiro atoms. The van der Waals surface area contributed by atoms with Crippen LogP contribution in [0.5, 0.6) is 0 Å². The molecule has 0 aromatic heterocycles. The van der Waals surface area contributed by atoms with Gasteiger partial charge in [0.1, 0.15) is 0 Å². The van der Waals surface area contributed by atoms with Crippen LogP contribution in [0.2, 0.25) is 0 Å². The molecule has 1 rings (SSSR count). The highest BCUT2D eigenvalue weighted by Gasteiger charge is 2.19. The SMILES string of the molecule is Cc1cc([N+](=O)[O-])cc(B(O)O)c1C. The molecule has 0 radical (unpaired) electrons. The lowest BCUT2D eigenvalue weighted by Gasteiger charge is -2.07. The lowest BCUT2D eigenvalue weighted by molar-refractivity contribution is -0.384. The third-order valence-corrected chi connectivity index (χ3v) is 2.18. The third kappa shape index (κ3) is 1.91. The summed E-state index contributed by atoms with van der Waals surface area (Å²) in [5.74, 6) is 0. The lowest BCUT2D eigenvalue weighted by Crippen LogP contribution is -2.32. The minimum Gasteiger partial charge on any atom is -0.423 e. The maximum atomic E-state index is 10.5. The summed E-state index contributed by atoms with van der Waals surface area (Å²) in [5, 5.41) is 28.4. The molecule has 2 N–H and O–H groups in total. The monoisotopic (exact) mass is 195 g/mol. The summed E-state index contributed by atoms with van der Waals surface area (Å²) >= 11 is 0. The van der Waals surface area contributed by atoms with E-state index in [0.717, 1.165) is 0 Å². The molecule has 0 bridgehead atoms. The first kappa shape index (κ1) is 10.7. The number of hydrogen-bond acceptors (Lipinski definition) is 4. The zero-order valence-electron chi connectivity index (χ0n) is 7.89. The lowest BCUT2D eigenvalue weighted by atomic mass is 9.76. The quantitative estimate of drug-likeness (QED) is 0.391. The van der Waals surface area contributed by atoms with Crippen LogP contribution in [-0.2, 0) is 0 Å². The minimum atomic E-state index is -1.67. The number of hydrogen-bond donors (Lipinski definition) is 2. The Bertz CT molecular complexity index is 378. The van der Waals surface area contributed by atoms with E-state index >= 15 is 0 Å². The fourth-order valence-corrected chi connectivity index (χ4v) is 1.24. The van der Waals surface area contributed by atoms with Gasteiger partial charge in [-0.05, 0) is 30.4 Å². The summed E-state index contributed by atoms with van der Waals surface area (Å²) in [6.45, 7) is 3.38. The van der Waals surface area contributed by atoms with Crippen molar-refractivity contribution in [2.24, 2.45) is 0 Å². The van der Waals surface area contributed by atoms with Crippen molar-refractivity contribution in [1.82, 2.24) is 0 Å². The second-order valence-corrected chi connectivity index (χ2v) is 3.11. The Labute approximate surface area is 81.3 Å². The van der Waals surface area contributed by atoms with Gasteiger partial charge in [-0.1, -0.05) is 0 Å². The number of nitrogens with zero attached hydrogens (tertiary/aromatic N) is 1. The fourth-order valence-electron chi connectivity index (χ4n) is 1.24. The molecule has 6 heteroatoms. The number of benzene rings is 1. The van der Waals surface area contributed by atoms with Gasteiger partial charge in [-0.2, -0.15) is 0 Å². The van der Waals surface area contributed by atoms with E-state index in [0.29, 0.717) is 11.1 Å². The summed E-state index contributed by atoms with van der Waals surface area (Å²) in [6, 6.07) is 2.58. The molecule has 0 saturated carbocycles. The minimum absolute atomic E-state index is 0.129. The zero-order valence-corrected chi connectivity index (χ0v) is 7.89. The van der Waals surface area contributed by atoms with E-state index in [2.05, 4.69) is 0 Å². The van der Waals surface area contributed by atoms with Crippen molar-refractivity contribution in [3.8, 4) is 0 Å². The van der Waals surface area contributed by atoms with Gasteiger partial charge in [0.2, 0.25) is 0 Å². The molecule has 0 unspecified atom stereocenters. The molecule has 0 fully saturated rings. The first-order valence-electron chi connectivity index (χ1n) is 4.05. The van der Waals surface area contributed by atoms with Crippen LogP contribution >= 0.6 is 0 Å². The largest absolute Gasteiger partial charge is 0.488 e. The van der Waals surface area contributed by atoms with Crippen molar-refractivity contribution in [3.63, 3.8) is 0 Å². The van der Waals surface area contributed by atoms with Gasteiger partial charge in [-0.25, -0.2) is 0 Å². The first-order chi connectivity index (χ1) is 6.43. The van der Waals surface area contributed by atoms with E-state index < -0.39 is 12.0 Å². The molecule has 74 valence electrons. The highest BCUT2D eigenvalue weighted by Crippen LogP contribution is 2.14. The van der Waals surface area contributed by atoms with Gasteiger partial charge in [0.25, 0.3) is 5.69 Å². The fraction of sp³-hybridized carbons (Fsp3) is 0.250. The van der Waals surface area contributed by atoms with E-state index in [1.54, 1.807) is 13.8 Å². The van der Waals surface area contributed by atoms with E-state index in [-0.39, 0.29) is 11.2 Å². The predicted octanol–water partition coefficient (Wildman–Crippen LogP) is -0.109. The number of nitro benzene ring substituents is 1. The Hall–Kier alpha value is -1.40. The molecule has 0 amide bonds. The van der Waals surface area contributed by atoms with E-state index in [9.17, 15) is 10.1 Å². The van der Waals surface area contributed by atoms with Crippen LogP contribution in [-0.4, -0.2) is 22.1 Å². The topological polar surface area (TPSA) is 83.6 Å². The van der Waals surface area contributed by atoms with Gasteiger partial charge in [0.15, 0.2) is 0 Å². The summed E-state index contributed by atoms with van der Waals surface area (Å²) in [5.41, 5.74) is 1.38. The highest BCUT2D eigenvalue weighted by molar-refractivity contribution is 6.59. The summed E-state index contributed by atoms with van der Waals surface area (Å²) in [7, 11) is -1.67. The van der Waals surface area contributed by atoms with Crippen LogP contribution in [0.4, 0.5) is 5.69 Å². The van der Waals surface area contributed by atoms with Crippen molar-refractivity contribution < 1.29 is 15.0 Å². The van der Waals surface area contributed by atoms with Gasteiger partial charge in [-0.3, -0.25) is 10.1 Å². The Kier molecular flexibility index (Phi) is 2.88. The van der Waals surface area contributed by atoms with E-state index in [1.807, 2.05) is 0 Å². The smallest absolute Gasteiger partial charge is 0.423 e. The van der Waals surface area contributed by atoms with Gasteiger partial charge < -0.3 is 10.0 Å². The first-order valence-corrected chi connectivity index (χ1v) is 4.05. The van der Waals surface area contributed by atoms with E-state index in [4.69, 9.17) is 10.0 Å². The van der Waals surface area contributed by atoms with E-state index in [1.165, 1.54) is 12.1 Å². The van der Waals surface area contributed by atoms with Crippen LogP contribution in [0.3, 0.4) is 0 Å². The summed E-state index contributed by atoms with van der Waals surface area (Å²) < 4.78 is 0. The molecule has 5 nitrogen and oxygen atoms in total. The third-order valence-electron chi connectivity index (χ3n) is 2.18. The maximum Gasteiger partial charge on any atom is 0.488 e. The molecule has 14 heavy (non-hydrogen) atoms. The average Bonchev–Trinajstić information content (AvgIpc) is 2.08. The van der Waals surface area contributed by atoms with Crippen molar-refractivity contribution in [1.29, 1.82) is 0 Å². The predicted molar refractivity (Wildman–Crippen MR) is 52.4 cm³/mol. The van der Waals surface area contributed by atoms with Crippen molar-refractivity contribution >= 4 is 18.3 Å². The molecule has 1 aromatic rings. The second-order valence-electron chi connectivity index (χ2n) is 3.11. The van der Waals surface area contributed by atoms with Gasteiger partial charge in [0, 0.05) is 12.1 Å². The molecule has 1 aromatic carbocycles. The van der Waals surface area contributed by atoms with Crippen molar-refractivity contribution in [2.75, 3.05) is 0 Å². The molecular weight excluding hydrogens is 185 g/mol. The van der Waals surface area contributed by atoms with Gasteiger partial charge in [-0.15, -0.1) is 0 Å². The molecular formula is C8H10BNO4. The Balaban J connectivity index is 3.35. The molecule has 0 atom stereocenters. The number of rotatable bonds is 2. The molecule has 0 aliphatic carbocycles. The van der Waals surface area contributed by atoms with Crippen LogP contribution < -0.4 is 5.46 Å². The highest BCUT2D eigenvalue weighted by atomic mass is 16.6. The van der Waals surface area contributed by atoms with Crippen LogP contribution in [0.25, 0.3) is 0 Å². The normalized spacial score (nSPS) is 10.0.